The standard InChI is InChI=1S/C24H26N2O4S/c1-18-13-26(23(28)25-22(18)27)24(17-30-15-20-10-6-3-7-11-20)12-21(31-24)16-29-14-19-8-4-2-5-9-19/h2-11,13,21H,12,14-17H2,1H3,(H,25,27,28)/t21-,24-/m0/s1. The van der Waals surface area contributed by atoms with Gasteiger partial charge in [-0.15, -0.1) is 11.8 Å². The summed E-state index contributed by atoms with van der Waals surface area (Å²) in [6, 6.07) is 20.0. The van der Waals surface area contributed by atoms with E-state index < -0.39 is 10.6 Å². The fraction of sp³-hybridized carbons (Fsp3) is 0.333. The van der Waals surface area contributed by atoms with Gasteiger partial charge in [-0.3, -0.25) is 14.3 Å². The second-order valence-electron chi connectivity index (χ2n) is 7.81. The number of nitrogens with zero attached hydrogens (tertiary/aromatic N) is 1. The predicted molar refractivity (Wildman–Crippen MR) is 122 cm³/mol. The summed E-state index contributed by atoms with van der Waals surface area (Å²) in [7, 11) is 0. The van der Waals surface area contributed by atoms with Crippen LogP contribution in [0.3, 0.4) is 0 Å². The highest BCUT2D eigenvalue weighted by Crippen LogP contribution is 2.50. The number of nitrogens with one attached hydrogen (secondary N) is 1. The first-order valence-electron chi connectivity index (χ1n) is 10.3. The molecule has 162 valence electrons. The minimum atomic E-state index is -0.554. The molecule has 7 heteroatoms. The van der Waals surface area contributed by atoms with Crippen LogP contribution < -0.4 is 11.2 Å². The highest BCUT2D eigenvalue weighted by atomic mass is 32.2. The summed E-state index contributed by atoms with van der Waals surface area (Å²) in [5.41, 5.74) is 1.96. The van der Waals surface area contributed by atoms with Gasteiger partial charge in [-0.2, -0.15) is 0 Å². The molecular formula is C24H26N2O4S. The number of thioether (sulfide) groups is 1. The maximum atomic E-state index is 12.6. The van der Waals surface area contributed by atoms with Gasteiger partial charge in [-0.25, -0.2) is 4.79 Å². The van der Waals surface area contributed by atoms with Gasteiger partial charge < -0.3 is 9.47 Å². The molecule has 0 bridgehead atoms. The maximum Gasteiger partial charge on any atom is 0.329 e. The quantitative estimate of drug-likeness (QED) is 0.554. The number of aromatic amines is 1. The molecule has 0 spiro atoms. The first-order valence-corrected chi connectivity index (χ1v) is 11.2. The highest BCUT2D eigenvalue weighted by Gasteiger charge is 2.48. The Morgan fingerprint density at radius 3 is 2.19 bits per heavy atom. The van der Waals surface area contributed by atoms with Crippen LogP contribution in [0.25, 0.3) is 0 Å². The molecule has 0 saturated carbocycles. The summed E-state index contributed by atoms with van der Waals surface area (Å²) < 4.78 is 13.5. The molecule has 2 atom stereocenters. The summed E-state index contributed by atoms with van der Waals surface area (Å²) in [4.78, 5) is 26.3. The average molecular weight is 439 g/mol. The van der Waals surface area contributed by atoms with Crippen LogP contribution in [-0.2, 0) is 27.6 Å². The van der Waals surface area contributed by atoms with E-state index in [1.54, 1.807) is 29.4 Å². The zero-order valence-electron chi connectivity index (χ0n) is 17.5. The number of ether oxygens (including phenoxy) is 2. The van der Waals surface area contributed by atoms with Crippen LogP contribution >= 0.6 is 11.8 Å². The molecule has 4 rings (SSSR count). The van der Waals surface area contributed by atoms with E-state index in [9.17, 15) is 9.59 Å². The van der Waals surface area contributed by atoms with E-state index in [4.69, 9.17) is 9.47 Å². The first kappa shape index (κ1) is 21.6. The van der Waals surface area contributed by atoms with Gasteiger partial charge in [0.1, 0.15) is 4.87 Å². The van der Waals surface area contributed by atoms with Crippen molar-refractivity contribution in [2.24, 2.45) is 0 Å². The van der Waals surface area contributed by atoms with Crippen LogP contribution in [0.1, 0.15) is 23.1 Å². The van der Waals surface area contributed by atoms with Gasteiger partial charge in [0.25, 0.3) is 5.56 Å². The number of aromatic nitrogens is 2. The summed E-state index contributed by atoms with van der Waals surface area (Å²) in [5, 5.41) is 0.253. The van der Waals surface area contributed by atoms with Crippen molar-refractivity contribution in [1.82, 2.24) is 9.55 Å². The fourth-order valence-electron chi connectivity index (χ4n) is 3.72. The van der Waals surface area contributed by atoms with Crippen LogP contribution in [-0.4, -0.2) is 28.0 Å². The molecule has 0 unspecified atom stereocenters. The number of benzene rings is 2. The Bertz CT molecular complexity index is 1110. The molecule has 2 heterocycles. The third kappa shape index (κ3) is 5.18. The Hall–Kier alpha value is -2.61. The topological polar surface area (TPSA) is 73.3 Å². The number of hydrogen-bond acceptors (Lipinski definition) is 5. The number of hydrogen-bond donors (Lipinski definition) is 1. The molecule has 0 aliphatic carbocycles. The van der Waals surface area contributed by atoms with Crippen molar-refractivity contribution < 1.29 is 9.47 Å². The molecular weight excluding hydrogens is 412 g/mol. The summed E-state index contributed by atoms with van der Waals surface area (Å²) in [6.45, 7) is 3.70. The lowest BCUT2D eigenvalue weighted by atomic mass is 10.1. The van der Waals surface area contributed by atoms with Crippen LogP contribution in [0.2, 0.25) is 0 Å². The normalized spacial score (nSPS) is 20.4. The predicted octanol–water partition coefficient (Wildman–Crippen LogP) is 3.44. The smallest absolute Gasteiger partial charge is 0.329 e. The molecule has 1 N–H and O–H groups in total. The molecule has 1 aliphatic heterocycles. The first-order chi connectivity index (χ1) is 15.1. The molecule has 1 aliphatic rings. The van der Waals surface area contributed by atoms with E-state index in [2.05, 4.69) is 4.98 Å². The molecule has 2 aromatic carbocycles. The Kier molecular flexibility index (Phi) is 6.75. The Labute approximate surface area is 185 Å². The minimum Gasteiger partial charge on any atom is -0.376 e. The molecule has 1 aromatic heterocycles. The minimum absolute atomic E-state index is 0.253. The lowest BCUT2D eigenvalue weighted by Gasteiger charge is -2.47. The van der Waals surface area contributed by atoms with Crippen LogP contribution in [0.4, 0.5) is 0 Å². The molecule has 31 heavy (non-hydrogen) atoms. The van der Waals surface area contributed by atoms with Crippen molar-refractivity contribution in [1.29, 1.82) is 0 Å². The van der Waals surface area contributed by atoms with E-state index in [0.717, 1.165) is 17.5 Å². The lowest BCUT2D eigenvalue weighted by Crippen LogP contribution is -2.54. The Balaban J connectivity index is 1.42. The van der Waals surface area contributed by atoms with Crippen molar-refractivity contribution in [3.8, 4) is 0 Å². The number of rotatable bonds is 9. The second-order valence-corrected chi connectivity index (χ2v) is 9.47. The fourth-order valence-corrected chi connectivity index (χ4v) is 5.27. The van der Waals surface area contributed by atoms with Gasteiger partial charge in [0, 0.05) is 17.0 Å². The van der Waals surface area contributed by atoms with Gasteiger partial charge in [-0.1, -0.05) is 60.7 Å². The monoisotopic (exact) mass is 438 g/mol. The largest absolute Gasteiger partial charge is 0.376 e. The average Bonchev–Trinajstić information content (AvgIpc) is 2.75. The molecule has 0 amide bonds. The van der Waals surface area contributed by atoms with Crippen molar-refractivity contribution in [2.45, 2.75) is 36.7 Å². The second kappa shape index (κ2) is 9.68. The highest BCUT2D eigenvalue weighted by molar-refractivity contribution is 8.02. The third-order valence-electron chi connectivity index (χ3n) is 5.35. The van der Waals surface area contributed by atoms with E-state index in [1.165, 1.54) is 0 Å². The van der Waals surface area contributed by atoms with Gasteiger partial charge in [0.15, 0.2) is 0 Å². The van der Waals surface area contributed by atoms with Gasteiger partial charge in [0.2, 0.25) is 0 Å². The van der Waals surface area contributed by atoms with Crippen molar-refractivity contribution in [3.05, 3.63) is 104 Å². The Morgan fingerprint density at radius 1 is 1.00 bits per heavy atom. The Morgan fingerprint density at radius 2 is 1.58 bits per heavy atom. The van der Waals surface area contributed by atoms with Crippen LogP contribution in [0.15, 0.2) is 76.4 Å². The van der Waals surface area contributed by atoms with Crippen LogP contribution in [0, 0.1) is 6.92 Å². The number of aryl methyl sites for hydroxylation is 1. The van der Waals surface area contributed by atoms with Gasteiger partial charge >= 0.3 is 5.69 Å². The zero-order chi connectivity index (χ0) is 21.7. The summed E-state index contributed by atoms with van der Waals surface area (Å²) in [5.74, 6) is 0. The third-order valence-corrected chi connectivity index (χ3v) is 6.90. The molecule has 1 saturated heterocycles. The van der Waals surface area contributed by atoms with E-state index in [0.29, 0.717) is 32.0 Å². The SMILES string of the molecule is Cc1cn([C@@]2(COCc3ccccc3)C[C@@H](COCc3ccccc3)S2)c(=O)[nH]c1=O. The van der Waals surface area contributed by atoms with Crippen molar-refractivity contribution >= 4 is 11.8 Å². The molecule has 3 aromatic rings. The van der Waals surface area contributed by atoms with Gasteiger partial charge in [-0.05, 0) is 24.5 Å². The molecule has 6 nitrogen and oxygen atoms in total. The van der Waals surface area contributed by atoms with Crippen molar-refractivity contribution in [3.63, 3.8) is 0 Å². The van der Waals surface area contributed by atoms with E-state index >= 15 is 0 Å². The number of H-pyrrole nitrogens is 1. The molecule has 0 radical (unpaired) electrons. The van der Waals surface area contributed by atoms with E-state index in [-0.39, 0.29) is 10.8 Å². The van der Waals surface area contributed by atoms with Crippen molar-refractivity contribution in [2.75, 3.05) is 13.2 Å². The van der Waals surface area contributed by atoms with E-state index in [1.807, 2.05) is 60.7 Å². The maximum absolute atomic E-state index is 12.6. The molecule has 1 fully saturated rings. The van der Waals surface area contributed by atoms with Gasteiger partial charge in [0.05, 0.1) is 26.4 Å². The summed E-state index contributed by atoms with van der Waals surface area (Å²) >= 11 is 1.66. The summed E-state index contributed by atoms with van der Waals surface area (Å²) in [6.07, 6.45) is 2.37. The van der Waals surface area contributed by atoms with Crippen LogP contribution in [0.5, 0.6) is 0 Å². The lowest BCUT2D eigenvalue weighted by molar-refractivity contribution is 0.0530. The zero-order valence-corrected chi connectivity index (χ0v) is 18.3.